The molecule has 0 aliphatic carbocycles. The number of aromatic nitrogens is 4. The highest BCUT2D eigenvalue weighted by Gasteiger charge is 2.46. The smallest absolute Gasteiger partial charge is 0.338 e. The lowest BCUT2D eigenvalue weighted by Crippen LogP contribution is -2.55. The van der Waals surface area contributed by atoms with Crippen molar-refractivity contribution in [2.45, 2.75) is 32.5 Å². The van der Waals surface area contributed by atoms with Gasteiger partial charge in [0.1, 0.15) is 26.4 Å². The number of hydrogen-bond donors (Lipinski definition) is 0. The van der Waals surface area contributed by atoms with Gasteiger partial charge >= 0.3 is 30.7 Å². The van der Waals surface area contributed by atoms with E-state index in [0.717, 1.165) is 154 Å². The molecule has 16 aromatic rings. The highest BCUT2D eigenvalue weighted by atomic mass is 16.5. The van der Waals surface area contributed by atoms with E-state index in [1.165, 1.54) is 0 Å². The Balaban J connectivity index is 0.830. The molecule has 1 atom stereocenters. The normalized spacial score (nSPS) is 13.4. The Labute approximate surface area is 548 Å². The molecule has 12 aromatic carbocycles. The first-order chi connectivity index (χ1) is 47.3. The van der Waals surface area contributed by atoms with Crippen molar-refractivity contribution in [2.24, 2.45) is 0 Å². The van der Waals surface area contributed by atoms with E-state index >= 15 is 0 Å². The van der Waals surface area contributed by atoms with Crippen molar-refractivity contribution in [3.05, 3.63) is 310 Å². The molecule has 0 amide bonds. The fourth-order valence-electron chi connectivity index (χ4n) is 16.3. The van der Waals surface area contributed by atoms with E-state index in [1.54, 1.807) is 0 Å². The van der Waals surface area contributed by atoms with E-state index in [9.17, 15) is 19.2 Å². The van der Waals surface area contributed by atoms with Gasteiger partial charge in [0, 0.05) is 65.8 Å². The SMILES string of the molecule is O=C(OCc1ccccc1)c1ccc2c(c1)c1cc(C(=O)OCc3ccccc3)cc3c1n2-c1cccc2c1B3n1c3c-2cccc3c2c1c1cccc3c1n2C1c2c-3cccc2-n2c3ccc(C(=O)OCc4ccccc4)cc3c3cc(C(=O)OCc4ccccc4)cc1c32. The van der Waals surface area contributed by atoms with Gasteiger partial charge in [0.15, 0.2) is 0 Å². The molecular weight excluding hydrogens is 1190 g/mol. The van der Waals surface area contributed by atoms with Crippen LogP contribution >= 0.6 is 0 Å². The van der Waals surface area contributed by atoms with Gasteiger partial charge in [-0.2, -0.15) is 0 Å². The summed E-state index contributed by atoms with van der Waals surface area (Å²) in [5.41, 5.74) is 23.0. The third kappa shape index (κ3) is 7.73. The van der Waals surface area contributed by atoms with Crippen LogP contribution in [0.15, 0.2) is 255 Å². The molecule has 0 N–H and O–H groups in total. The van der Waals surface area contributed by atoms with Crippen molar-refractivity contribution >= 4 is 118 Å². The lowest BCUT2D eigenvalue weighted by Gasteiger charge is -2.36. The van der Waals surface area contributed by atoms with Gasteiger partial charge in [0.05, 0.1) is 72.6 Å². The molecule has 8 heterocycles. The van der Waals surface area contributed by atoms with Crippen molar-refractivity contribution in [3.63, 3.8) is 0 Å². The Morgan fingerprint density at radius 1 is 0.333 bits per heavy atom. The Kier molecular flexibility index (Phi) is 11.6. The molecular formula is C83H51BN4O8. The summed E-state index contributed by atoms with van der Waals surface area (Å²) in [4.78, 5) is 58.3. The molecule has 4 aliphatic rings. The zero-order valence-electron chi connectivity index (χ0n) is 51.3. The maximum absolute atomic E-state index is 15.0. The number of rotatable bonds is 12. The average Bonchev–Trinajstić information content (AvgIpc) is 1.49. The van der Waals surface area contributed by atoms with Crippen LogP contribution in [0.3, 0.4) is 0 Å². The Bertz CT molecular complexity index is 5750. The van der Waals surface area contributed by atoms with Crippen molar-refractivity contribution in [1.29, 1.82) is 0 Å². The van der Waals surface area contributed by atoms with E-state index in [2.05, 4.69) is 91.0 Å². The summed E-state index contributed by atoms with van der Waals surface area (Å²) in [6.07, 6.45) is 0. The number of ether oxygens (including phenoxy) is 4. The van der Waals surface area contributed by atoms with Gasteiger partial charge in [-0.15, -0.1) is 0 Å². The van der Waals surface area contributed by atoms with Gasteiger partial charge in [0.2, 0.25) is 0 Å². The number of para-hydroxylation sites is 2. The second-order valence-corrected chi connectivity index (χ2v) is 25.4. The molecule has 0 bridgehead atoms. The van der Waals surface area contributed by atoms with Crippen LogP contribution in [0, 0.1) is 0 Å². The minimum absolute atomic E-state index is 0.0810. The van der Waals surface area contributed by atoms with Crippen LogP contribution in [0.1, 0.15) is 80.9 Å². The number of hydrogen-bond acceptors (Lipinski definition) is 8. The number of carbonyl (C=O) groups is 4. The summed E-state index contributed by atoms with van der Waals surface area (Å²) in [6, 6.07) is 84.0. The molecule has 454 valence electrons. The zero-order chi connectivity index (χ0) is 63.6. The lowest BCUT2D eigenvalue weighted by molar-refractivity contribution is 0.0464. The molecule has 1 unspecified atom stereocenters. The maximum atomic E-state index is 15.0. The van der Waals surface area contributed by atoms with Crippen LogP contribution in [-0.2, 0) is 45.4 Å². The molecule has 0 fully saturated rings. The third-order valence-corrected chi connectivity index (χ3v) is 20.2. The van der Waals surface area contributed by atoms with Crippen molar-refractivity contribution in [2.75, 3.05) is 0 Å². The summed E-state index contributed by atoms with van der Waals surface area (Å²) in [5.74, 6) is -1.85. The highest BCUT2D eigenvalue weighted by Crippen LogP contribution is 2.57. The van der Waals surface area contributed by atoms with E-state index < -0.39 is 36.8 Å². The van der Waals surface area contributed by atoms with Crippen LogP contribution in [-0.4, -0.2) is 48.9 Å². The van der Waals surface area contributed by atoms with Crippen molar-refractivity contribution < 1.29 is 38.1 Å². The molecule has 12 nitrogen and oxygen atoms in total. The van der Waals surface area contributed by atoms with E-state index in [1.807, 2.05) is 182 Å². The predicted octanol–water partition coefficient (Wildman–Crippen LogP) is 16.3. The number of nitrogens with zero attached hydrogens (tertiary/aromatic N) is 4. The van der Waals surface area contributed by atoms with E-state index in [-0.39, 0.29) is 26.4 Å². The molecule has 0 saturated carbocycles. The van der Waals surface area contributed by atoms with Gasteiger partial charge in [-0.1, -0.05) is 182 Å². The minimum Gasteiger partial charge on any atom is -0.457 e. The molecule has 0 saturated heterocycles. The molecule has 4 aliphatic heterocycles. The van der Waals surface area contributed by atoms with Crippen LogP contribution < -0.4 is 10.9 Å². The van der Waals surface area contributed by atoms with Gasteiger partial charge in [0.25, 0.3) is 0 Å². The minimum atomic E-state index is -0.485. The monoisotopic (exact) mass is 1240 g/mol. The fraction of sp³-hybridized carbons (Fsp3) is 0.0602. The topological polar surface area (TPSA) is 125 Å². The molecule has 13 heteroatoms. The first-order valence-corrected chi connectivity index (χ1v) is 32.3. The van der Waals surface area contributed by atoms with Crippen molar-refractivity contribution in [3.8, 4) is 33.6 Å². The second kappa shape index (κ2) is 20.5. The van der Waals surface area contributed by atoms with Crippen LogP contribution in [0.2, 0.25) is 0 Å². The standard InChI is InChI=1S/C83H51BN4O8/c89-80(93-43-47-17-5-1-6-18-47)51-33-35-67-61(37-51)63-39-53(82(91)95-45-49-21-9-3-10-22-49)41-65-74(63)85(67)69-31-15-25-55-57-27-13-29-59-73(57)87(77(65)71(55)69)78-60-30-14-28-58-56-26-16-32-70-72(56)84(88(75(58)60)79(59)78)66-42-54(83(92)96-46-50-23-11-4-12-24-50)40-64-62-38-52(34-36-68(62)86(70)76(64)66)81(90)94-44-48-19-7-2-8-20-48/h1-42,77H,43-46H2. The number of benzene rings is 12. The molecule has 0 spiro atoms. The Hall–Kier alpha value is -12.5. The predicted molar refractivity (Wildman–Crippen MR) is 374 cm³/mol. The van der Waals surface area contributed by atoms with Crippen LogP contribution in [0.25, 0.3) is 110 Å². The number of fused-ring (bicyclic) bond motifs is 19. The quantitative estimate of drug-likeness (QED) is 0.0673. The van der Waals surface area contributed by atoms with Gasteiger partial charge in [-0.3, -0.25) is 0 Å². The van der Waals surface area contributed by atoms with Crippen LogP contribution in [0.5, 0.6) is 0 Å². The molecule has 4 aromatic heterocycles. The highest BCUT2D eigenvalue weighted by molar-refractivity contribution is 6.90. The average molecular weight is 1240 g/mol. The van der Waals surface area contributed by atoms with Crippen LogP contribution in [0.4, 0.5) is 0 Å². The van der Waals surface area contributed by atoms with Crippen molar-refractivity contribution in [1.82, 2.24) is 18.2 Å². The summed E-state index contributed by atoms with van der Waals surface area (Å²) in [7, 11) is 0. The van der Waals surface area contributed by atoms with Gasteiger partial charge < -0.3 is 37.1 Å². The summed E-state index contributed by atoms with van der Waals surface area (Å²) >= 11 is 0. The van der Waals surface area contributed by atoms with Gasteiger partial charge in [-0.05, 0) is 117 Å². The lowest BCUT2D eigenvalue weighted by atomic mass is 9.45. The maximum Gasteiger partial charge on any atom is 0.338 e. The largest absolute Gasteiger partial charge is 0.457 e. The summed E-state index contributed by atoms with van der Waals surface area (Å²) in [5, 5.41) is 5.27. The molecule has 20 rings (SSSR count). The fourth-order valence-corrected chi connectivity index (χ4v) is 16.3. The van der Waals surface area contributed by atoms with Gasteiger partial charge in [-0.25, -0.2) is 19.2 Å². The number of esters is 4. The van der Waals surface area contributed by atoms with E-state index in [0.29, 0.717) is 22.3 Å². The molecule has 96 heavy (non-hydrogen) atoms. The third-order valence-electron chi connectivity index (χ3n) is 20.2. The van der Waals surface area contributed by atoms with E-state index in [4.69, 9.17) is 18.9 Å². The Morgan fingerprint density at radius 2 is 0.771 bits per heavy atom. The number of carbonyl (C=O) groups excluding carboxylic acids is 4. The molecule has 0 radical (unpaired) electrons. The first kappa shape index (κ1) is 54.1. The Morgan fingerprint density at radius 3 is 1.32 bits per heavy atom. The zero-order valence-corrected chi connectivity index (χ0v) is 51.3. The summed E-state index contributed by atoms with van der Waals surface area (Å²) < 4.78 is 34.1. The second-order valence-electron chi connectivity index (χ2n) is 25.4. The summed E-state index contributed by atoms with van der Waals surface area (Å²) in [6.45, 7) is -0.0880. The first-order valence-electron chi connectivity index (χ1n) is 32.3.